The second kappa shape index (κ2) is 2.92. The first-order valence-electron chi connectivity index (χ1n) is 4.23. The minimum Gasteiger partial charge on any atom is -0.332 e. The van der Waals surface area contributed by atoms with Crippen molar-refractivity contribution in [1.82, 2.24) is 4.90 Å². The molecule has 0 atom stereocenters. The molecule has 0 aromatic rings. The Labute approximate surface area is 73.4 Å². The molecule has 0 unspecified atom stereocenters. The van der Waals surface area contributed by atoms with Gasteiger partial charge in [-0.15, -0.1) is 0 Å². The summed E-state index contributed by atoms with van der Waals surface area (Å²) in [6, 6.07) is 0. The third-order valence-electron chi connectivity index (χ3n) is 2.06. The highest BCUT2D eigenvalue weighted by Gasteiger charge is 2.32. The van der Waals surface area contributed by atoms with Crippen LogP contribution in [0.1, 0.15) is 20.8 Å². The Bertz CT molecular complexity index is 220. The minimum absolute atomic E-state index is 0.0992. The Morgan fingerprint density at radius 1 is 1.33 bits per heavy atom. The van der Waals surface area contributed by atoms with Gasteiger partial charge in [-0.1, -0.05) is 0 Å². The highest BCUT2D eigenvalue weighted by Crippen LogP contribution is 2.16. The smallest absolute Gasteiger partial charge is 0.217 e. The van der Waals surface area contributed by atoms with Gasteiger partial charge in [0.1, 0.15) is 5.68 Å². The van der Waals surface area contributed by atoms with Crippen molar-refractivity contribution >= 4 is 18.9 Å². The van der Waals surface area contributed by atoms with Crippen LogP contribution < -0.4 is 0 Å². The van der Waals surface area contributed by atoms with Crippen LogP contribution in [0.2, 0.25) is 6.32 Å². The molecule has 0 aromatic heterocycles. The molecule has 0 spiro atoms. The van der Waals surface area contributed by atoms with Gasteiger partial charge in [-0.25, -0.2) is 0 Å². The quantitative estimate of drug-likeness (QED) is 0.476. The van der Waals surface area contributed by atoms with Crippen molar-refractivity contribution in [3.05, 3.63) is 0 Å². The second-order valence-electron chi connectivity index (χ2n) is 4.19. The van der Waals surface area contributed by atoms with Crippen molar-refractivity contribution in [2.24, 2.45) is 0 Å². The first-order chi connectivity index (χ1) is 5.41. The highest BCUT2D eigenvalue weighted by atomic mass is 16.2. The Kier molecular flexibility index (Phi) is 2.26. The van der Waals surface area contributed by atoms with Crippen LogP contribution in [0.3, 0.4) is 0 Å². The summed E-state index contributed by atoms with van der Waals surface area (Å²) in [7, 11) is 0.422. The lowest BCUT2D eigenvalue weighted by molar-refractivity contribution is -0.138. The van der Waals surface area contributed by atoms with Crippen LogP contribution >= 0.6 is 0 Å². The molecule has 66 valence electrons. The zero-order chi connectivity index (χ0) is 9.35. The van der Waals surface area contributed by atoms with E-state index < -0.39 is 0 Å². The number of rotatable bonds is 0. The summed E-state index contributed by atoms with van der Waals surface area (Å²) in [5.41, 5.74) is -0.0443. The molecular weight excluding hydrogens is 153 g/mol. The fourth-order valence-electron chi connectivity index (χ4n) is 1.34. The average molecular weight is 167 g/mol. The van der Waals surface area contributed by atoms with Crippen molar-refractivity contribution < 1.29 is 9.59 Å². The van der Waals surface area contributed by atoms with Crippen molar-refractivity contribution in [2.75, 3.05) is 6.54 Å². The lowest BCUT2D eigenvalue weighted by atomic mass is 9.66. The number of carbonyl (C=O) groups excluding carboxylic acids is 2. The van der Waals surface area contributed by atoms with Crippen LogP contribution in [-0.2, 0) is 9.59 Å². The van der Waals surface area contributed by atoms with Crippen LogP contribution in [-0.4, -0.2) is 35.9 Å². The van der Waals surface area contributed by atoms with Crippen molar-refractivity contribution in [3.63, 3.8) is 0 Å². The first-order valence-corrected chi connectivity index (χ1v) is 4.23. The molecule has 4 heteroatoms. The van der Waals surface area contributed by atoms with Gasteiger partial charge in [-0.05, 0) is 20.8 Å². The van der Waals surface area contributed by atoms with Gasteiger partial charge in [0.15, 0.2) is 0 Å². The topological polar surface area (TPSA) is 37.4 Å². The van der Waals surface area contributed by atoms with Gasteiger partial charge in [0.2, 0.25) is 13.2 Å². The Hall–Kier alpha value is -0.795. The molecule has 1 saturated heterocycles. The summed E-state index contributed by atoms with van der Waals surface area (Å²) in [5.74, 6) is 0.0992. The maximum atomic E-state index is 11.4. The van der Waals surface area contributed by atoms with E-state index in [1.807, 2.05) is 20.8 Å². The van der Waals surface area contributed by atoms with E-state index in [4.69, 9.17) is 0 Å². The summed E-state index contributed by atoms with van der Waals surface area (Å²) in [6.07, 6.45) is 0.385. The number of hydrogen-bond donors (Lipinski definition) is 0. The molecule has 12 heavy (non-hydrogen) atoms. The molecule has 0 aliphatic carbocycles. The van der Waals surface area contributed by atoms with Gasteiger partial charge >= 0.3 is 0 Å². The Morgan fingerprint density at radius 3 is 2.33 bits per heavy atom. The predicted molar refractivity (Wildman–Crippen MR) is 48.4 cm³/mol. The zero-order valence-corrected chi connectivity index (χ0v) is 7.89. The monoisotopic (exact) mass is 167 g/mol. The van der Waals surface area contributed by atoms with Gasteiger partial charge in [0, 0.05) is 11.9 Å². The van der Waals surface area contributed by atoms with E-state index >= 15 is 0 Å². The van der Waals surface area contributed by atoms with Gasteiger partial charge in [0.05, 0.1) is 6.54 Å². The molecule has 0 bridgehead atoms. The van der Waals surface area contributed by atoms with E-state index in [1.54, 1.807) is 4.90 Å². The Balaban J connectivity index is 2.74. The third-order valence-corrected chi connectivity index (χ3v) is 2.06. The summed E-state index contributed by atoms with van der Waals surface area (Å²) in [4.78, 5) is 24.1. The maximum absolute atomic E-state index is 11.4. The second-order valence-corrected chi connectivity index (χ2v) is 4.19. The molecule has 1 aliphatic heterocycles. The molecule has 0 saturated carbocycles. The summed E-state index contributed by atoms with van der Waals surface area (Å²) >= 11 is 0. The normalized spacial score (nSPS) is 19.4. The fraction of sp³-hybridized carbons (Fsp3) is 0.750. The van der Waals surface area contributed by atoms with E-state index in [0.29, 0.717) is 20.1 Å². The van der Waals surface area contributed by atoms with Crippen LogP contribution in [0.5, 0.6) is 0 Å². The van der Waals surface area contributed by atoms with Crippen molar-refractivity contribution in [3.8, 4) is 0 Å². The maximum Gasteiger partial charge on any atom is 0.217 e. The molecule has 1 fully saturated rings. The third kappa shape index (κ3) is 1.87. The number of hydrogen-bond acceptors (Lipinski definition) is 2. The molecule has 0 N–H and O–H groups in total. The van der Waals surface area contributed by atoms with Crippen molar-refractivity contribution in [2.45, 2.75) is 32.6 Å². The SMILES string of the molecule is CC(C)(C)N1CC(=O)BCC1=O. The molecule has 1 rings (SSSR count). The first kappa shape index (κ1) is 9.29. The number of carbonyl (C=O) groups is 2. The molecule has 1 aliphatic rings. The van der Waals surface area contributed by atoms with Gasteiger partial charge in [-0.2, -0.15) is 0 Å². The van der Waals surface area contributed by atoms with Crippen LogP contribution in [0.15, 0.2) is 0 Å². The predicted octanol–water partition coefficient (Wildman–Crippen LogP) is 0.00850. The summed E-state index contributed by atoms with van der Waals surface area (Å²) in [6.45, 7) is 6.14. The van der Waals surface area contributed by atoms with Gasteiger partial charge in [0.25, 0.3) is 0 Å². The molecule has 1 amide bonds. The molecule has 0 aromatic carbocycles. The van der Waals surface area contributed by atoms with E-state index in [9.17, 15) is 9.59 Å². The van der Waals surface area contributed by atoms with Gasteiger partial charge < -0.3 is 9.69 Å². The lowest BCUT2D eigenvalue weighted by Crippen LogP contribution is -2.52. The molecule has 3 nitrogen and oxygen atoms in total. The summed E-state index contributed by atoms with van der Waals surface area (Å²) in [5, 5.41) is 0. The number of amides is 1. The minimum atomic E-state index is -0.215. The number of nitrogens with zero attached hydrogens (tertiary/aromatic N) is 1. The molecule has 1 heterocycles. The fourth-order valence-corrected chi connectivity index (χ4v) is 1.34. The van der Waals surface area contributed by atoms with Crippen molar-refractivity contribution in [1.29, 1.82) is 0 Å². The lowest BCUT2D eigenvalue weighted by Gasteiger charge is -2.37. The standard InChI is InChI=1S/C8H14BNO2/c1-8(2,3)10-5-6(11)9-4-7(10)12/h9H,4-5H2,1-3H3. The van der Waals surface area contributed by atoms with E-state index in [-0.39, 0.29) is 17.1 Å². The van der Waals surface area contributed by atoms with E-state index in [1.165, 1.54) is 0 Å². The largest absolute Gasteiger partial charge is 0.332 e. The average Bonchev–Trinajstić information content (AvgIpc) is 1.92. The highest BCUT2D eigenvalue weighted by molar-refractivity contribution is 6.77. The molecule has 0 radical (unpaired) electrons. The van der Waals surface area contributed by atoms with Crippen LogP contribution in [0.25, 0.3) is 0 Å². The molecular formula is C8H14BNO2. The van der Waals surface area contributed by atoms with Crippen LogP contribution in [0, 0.1) is 0 Å². The Morgan fingerprint density at radius 2 is 1.92 bits per heavy atom. The van der Waals surface area contributed by atoms with Gasteiger partial charge in [-0.3, -0.25) is 4.79 Å². The summed E-state index contributed by atoms with van der Waals surface area (Å²) < 4.78 is 0. The zero-order valence-electron chi connectivity index (χ0n) is 7.89. The van der Waals surface area contributed by atoms with E-state index in [0.717, 1.165) is 0 Å². The van der Waals surface area contributed by atoms with Crippen LogP contribution in [0.4, 0.5) is 0 Å². The van der Waals surface area contributed by atoms with E-state index in [2.05, 4.69) is 0 Å².